The maximum absolute atomic E-state index is 14.3. The van der Waals surface area contributed by atoms with E-state index in [4.69, 9.17) is 24.7 Å². The van der Waals surface area contributed by atoms with Crippen molar-refractivity contribution in [3.8, 4) is 11.9 Å². The van der Waals surface area contributed by atoms with E-state index in [0.717, 1.165) is 61.8 Å². The molecule has 1 aliphatic carbocycles. The van der Waals surface area contributed by atoms with E-state index < -0.39 is 5.82 Å². The van der Waals surface area contributed by atoms with Crippen LogP contribution >= 0.6 is 0 Å². The number of fused-ring (bicyclic) bond motifs is 2. The molecule has 1 amide bonds. The number of carbonyl (C=O) groups is 1. The van der Waals surface area contributed by atoms with E-state index in [1.54, 1.807) is 18.2 Å². The molecule has 0 spiro atoms. The Morgan fingerprint density at radius 1 is 1.16 bits per heavy atom. The highest BCUT2D eigenvalue weighted by Gasteiger charge is 2.57. The highest BCUT2D eigenvalue weighted by molar-refractivity contribution is 5.97. The predicted molar refractivity (Wildman–Crippen MR) is 157 cm³/mol. The van der Waals surface area contributed by atoms with E-state index in [1.165, 1.54) is 6.07 Å². The summed E-state index contributed by atoms with van der Waals surface area (Å²) >= 11 is 0. The number of nitriles is 1. The van der Waals surface area contributed by atoms with Crippen LogP contribution in [0.5, 0.6) is 5.88 Å². The number of imidazole rings is 1. The molecule has 3 fully saturated rings. The van der Waals surface area contributed by atoms with Crippen LogP contribution in [-0.2, 0) is 24.4 Å². The van der Waals surface area contributed by atoms with Crippen molar-refractivity contribution >= 4 is 16.9 Å². The quantitative estimate of drug-likeness (QED) is 0.296. The highest BCUT2D eigenvalue weighted by Crippen LogP contribution is 2.58. The van der Waals surface area contributed by atoms with Crippen LogP contribution in [0.15, 0.2) is 54.6 Å². The van der Waals surface area contributed by atoms with Gasteiger partial charge >= 0.3 is 0 Å². The Morgan fingerprint density at radius 2 is 2.00 bits per heavy atom. The van der Waals surface area contributed by atoms with Crippen molar-refractivity contribution in [2.24, 2.45) is 11.8 Å². The van der Waals surface area contributed by atoms with Gasteiger partial charge in [-0.05, 0) is 61.6 Å². The number of aromatic nitrogens is 3. The molecule has 7 rings (SSSR count). The van der Waals surface area contributed by atoms with Crippen LogP contribution in [0, 0.1) is 29.0 Å². The second kappa shape index (κ2) is 11.4. The number of likely N-dealkylation sites (tertiary alicyclic amines) is 1. The van der Waals surface area contributed by atoms with Gasteiger partial charge in [0.15, 0.2) is 0 Å². The molecule has 3 aliphatic rings. The summed E-state index contributed by atoms with van der Waals surface area (Å²) in [5.74, 6) is 2.37. The summed E-state index contributed by atoms with van der Waals surface area (Å²) in [5.41, 5.74) is 4.19. The zero-order valence-electron chi connectivity index (χ0n) is 24.0. The Balaban J connectivity index is 1.01. The summed E-state index contributed by atoms with van der Waals surface area (Å²) in [6.07, 6.45) is 1.21. The van der Waals surface area contributed by atoms with Crippen molar-refractivity contribution < 1.29 is 18.7 Å². The van der Waals surface area contributed by atoms with Crippen LogP contribution < -0.4 is 10.1 Å². The number of hydrogen-bond donors (Lipinski definition) is 1. The number of benzene rings is 2. The normalized spacial score (nSPS) is 22.5. The first-order chi connectivity index (χ1) is 21.0. The van der Waals surface area contributed by atoms with Crippen LogP contribution in [-0.4, -0.2) is 57.7 Å². The first kappa shape index (κ1) is 27.5. The monoisotopic (exact) mass is 580 g/mol. The molecule has 10 heteroatoms. The fourth-order valence-electron chi connectivity index (χ4n) is 6.50. The molecule has 2 saturated heterocycles. The predicted octanol–water partition coefficient (Wildman–Crippen LogP) is 4.41. The third-order valence-corrected chi connectivity index (χ3v) is 8.89. The molecule has 0 bridgehead atoms. The molecule has 2 aromatic heterocycles. The van der Waals surface area contributed by atoms with E-state index >= 15 is 0 Å². The number of amides is 1. The fourth-order valence-corrected chi connectivity index (χ4v) is 6.50. The molecule has 4 atom stereocenters. The van der Waals surface area contributed by atoms with Gasteiger partial charge in [-0.1, -0.05) is 12.1 Å². The molecule has 9 nitrogen and oxygen atoms in total. The summed E-state index contributed by atoms with van der Waals surface area (Å²) in [7, 11) is 0. The van der Waals surface area contributed by atoms with Crippen molar-refractivity contribution in [3.05, 3.63) is 88.6 Å². The average molecular weight is 581 g/mol. The highest BCUT2D eigenvalue weighted by atomic mass is 19.1. The lowest BCUT2D eigenvalue weighted by molar-refractivity contribution is -0.0591. The van der Waals surface area contributed by atoms with Gasteiger partial charge in [0.1, 0.15) is 18.2 Å². The van der Waals surface area contributed by atoms with Gasteiger partial charge in [0.05, 0.1) is 41.9 Å². The van der Waals surface area contributed by atoms with Gasteiger partial charge in [-0.15, -0.1) is 0 Å². The topological polar surface area (TPSA) is 105 Å². The van der Waals surface area contributed by atoms with Crippen LogP contribution in [0.3, 0.4) is 0 Å². The summed E-state index contributed by atoms with van der Waals surface area (Å²) in [4.78, 5) is 24.7. The van der Waals surface area contributed by atoms with Gasteiger partial charge in [0.25, 0.3) is 5.91 Å². The standard InChI is InChI=1S/C33H33FN6O3/c1-2-36-33(41)21-8-9-27-29(13-21)40(15-23-10-11-42-23)30(37-27)18-39-16-24-25(17-39)32(24)28-4-3-5-31(38-28)43-19-22-7-6-20(14-35)12-26(22)34/h3-9,12-13,23-25,32H,2,10-11,15-19H2,1H3,(H,36,41)/t23-,24-,25+,32?/m0/s1. The van der Waals surface area contributed by atoms with Crippen molar-refractivity contribution in [2.45, 2.75) is 45.1 Å². The van der Waals surface area contributed by atoms with E-state index in [1.807, 2.05) is 43.3 Å². The maximum atomic E-state index is 14.3. The molecule has 4 heterocycles. The van der Waals surface area contributed by atoms with E-state index in [2.05, 4.69) is 14.8 Å². The number of nitrogens with one attached hydrogen (secondary N) is 1. The van der Waals surface area contributed by atoms with Crippen molar-refractivity contribution in [1.29, 1.82) is 5.26 Å². The molecular weight excluding hydrogens is 547 g/mol. The Morgan fingerprint density at radius 3 is 2.72 bits per heavy atom. The fraction of sp³-hybridized carbons (Fsp3) is 0.394. The van der Waals surface area contributed by atoms with Crippen molar-refractivity contribution in [3.63, 3.8) is 0 Å². The Hall–Kier alpha value is -4.33. The van der Waals surface area contributed by atoms with Crippen LogP contribution in [0.25, 0.3) is 11.0 Å². The first-order valence-corrected chi connectivity index (χ1v) is 14.9. The molecular formula is C33H33FN6O3. The molecule has 1 saturated carbocycles. The summed E-state index contributed by atoms with van der Waals surface area (Å²) in [6, 6.07) is 17.8. The van der Waals surface area contributed by atoms with Gasteiger partial charge in [-0.3, -0.25) is 9.69 Å². The minimum absolute atomic E-state index is 0.0525. The van der Waals surface area contributed by atoms with E-state index in [9.17, 15) is 9.18 Å². The van der Waals surface area contributed by atoms with E-state index in [0.29, 0.717) is 41.3 Å². The lowest BCUT2D eigenvalue weighted by Crippen LogP contribution is -2.33. The average Bonchev–Trinajstić information content (AvgIpc) is 3.31. The lowest BCUT2D eigenvalue weighted by atomic mass is 10.1. The van der Waals surface area contributed by atoms with Crippen molar-refractivity contribution in [2.75, 3.05) is 26.2 Å². The van der Waals surface area contributed by atoms with Crippen molar-refractivity contribution in [1.82, 2.24) is 24.8 Å². The summed E-state index contributed by atoms with van der Waals surface area (Å²) < 4.78 is 28.1. The second-order valence-corrected chi connectivity index (χ2v) is 11.6. The number of ether oxygens (including phenoxy) is 2. The molecule has 1 N–H and O–H groups in total. The molecule has 2 aliphatic heterocycles. The first-order valence-electron chi connectivity index (χ1n) is 14.9. The number of carbonyl (C=O) groups excluding carboxylic acids is 1. The second-order valence-electron chi connectivity index (χ2n) is 11.6. The molecule has 2 aromatic carbocycles. The molecule has 1 unspecified atom stereocenters. The molecule has 220 valence electrons. The Bertz CT molecular complexity index is 1720. The smallest absolute Gasteiger partial charge is 0.251 e. The summed E-state index contributed by atoms with van der Waals surface area (Å²) in [5, 5.41) is 11.8. The number of rotatable bonds is 10. The van der Waals surface area contributed by atoms with Gasteiger partial charge in [0.2, 0.25) is 5.88 Å². The van der Waals surface area contributed by atoms with Crippen LogP contribution in [0.4, 0.5) is 4.39 Å². The van der Waals surface area contributed by atoms with Gasteiger partial charge in [0, 0.05) is 55.0 Å². The van der Waals surface area contributed by atoms with Gasteiger partial charge < -0.3 is 19.4 Å². The van der Waals surface area contributed by atoms with Gasteiger partial charge in [-0.2, -0.15) is 5.26 Å². The lowest BCUT2D eigenvalue weighted by Gasteiger charge is -2.28. The number of pyridine rings is 1. The zero-order chi connectivity index (χ0) is 29.5. The maximum Gasteiger partial charge on any atom is 0.251 e. The minimum Gasteiger partial charge on any atom is -0.473 e. The van der Waals surface area contributed by atoms with E-state index in [-0.39, 0.29) is 24.2 Å². The minimum atomic E-state index is -0.455. The molecule has 43 heavy (non-hydrogen) atoms. The number of hydrogen-bond acceptors (Lipinski definition) is 7. The largest absolute Gasteiger partial charge is 0.473 e. The Labute approximate surface area is 249 Å². The Kier molecular flexibility index (Phi) is 7.29. The van der Waals surface area contributed by atoms with Crippen LogP contribution in [0.2, 0.25) is 0 Å². The van der Waals surface area contributed by atoms with Gasteiger partial charge in [-0.25, -0.2) is 14.4 Å². The van der Waals surface area contributed by atoms with Crippen LogP contribution in [0.1, 0.15) is 52.3 Å². The number of halogens is 1. The molecule has 0 radical (unpaired) electrons. The molecule has 4 aromatic rings. The third-order valence-electron chi connectivity index (χ3n) is 8.89. The third kappa shape index (κ3) is 5.46. The summed E-state index contributed by atoms with van der Waals surface area (Å²) in [6.45, 7) is 6.75. The zero-order valence-corrected chi connectivity index (χ0v) is 24.0. The number of nitrogens with zero attached hydrogens (tertiary/aromatic N) is 5. The SMILES string of the molecule is CCNC(=O)c1ccc2nc(CN3C[C@@H]4C(c5cccc(OCc6ccc(C#N)cc6F)n5)[C@@H]4C3)n(C[C@@H]3CCO3)c2c1. The number of piperidine rings is 1.